The molecule has 1 fully saturated rings. The first kappa shape index (κ1) is 12.3. The van der Waals surface area contributed by atoms with Crippen molar-refractivity contribution in [3.8, 4) is 10.6 Å². The summed E-state index contributed by atoms with van der Waals surface area (Å²) in [4.78, 5) is 7.10. The molecule has 0 radical (unpaired) electrons. The molecule has 1 saturated heterocycles. The molecule has 3 nitrogen and oxygen atoms in total. The number of aromatic nitrogens is 1. The molecule has 1 atom stereocenters. The molecule has 0 spiro atoms. The highest BCUT2D eigenvalue weighted by Crippen LogP contribution is 2.26. The summed E-state index contributed by atoms with van der Waals surface area (Å²) in [6, 6.07) is 2.68. The van der Waals surface area contributed by atoms with Gasteiger partial charge in [0.2, 0.25) is 0 Å². The smallest absolute Gasteiger partial charge is 0.126 e. The topological polar surface area (TPSA) is 29.3 Å². The van der Waals surface area contributed by atoms with Crippen LogP contribution in [0, 0.1) is 0 Å². The maximum atomic E-state index is 5.09. The molecule has 2 aromatic rings. The van der Waals surface area contributed by atoms with E-state index in [1.807, 2.05) is 6.07 Å². The Morgan fingerprint density at radius 1 is 1.56 bits per heavy atom. The molecule has 3 rings (SSSR count). The van der Waals surface area contributed by atoms with Crippen LogP contribution in [0.1, 0.15) is 12.1 Å². The SMILES string of the molecule is CN(Cc1csc(-c2ccoc2)n1)C1CCSC1. The molecule has 96 valence electrons. The largest absolute Gasteiger partial charge is 0.472 e. The van der Waals surface area contributed by atoms with Gasteiger partial charge in [0.15, 0.2) is 0 Å². The van der Waals surface area contributed by atoms with E-state index in [4.69, 9.17) is 4.42 Å². The molecule has 3 heterocycles. The monoisotopic (exact) mass is 280 g/mol. The van der Waals surface area contributed by atoms with Crippen LogP contribution in [0.5, 0.6) is 0 Å². The Morgan fingerprint density at radius 2 is 2.50 bits per heavy atom. The summed E-state index contributed by atoms with van der Waals surface area (Å²) in [6.45, 7) is 0.944. The zero-order valence-corrected chi connectivity index (χ0v) is 12.0. The Balaban J connectivity index is 1.66. The van der Waals surface area contributed by atoms with Gasteiger partial charge in [-0.25, -0.2) is 4.98 Å². The molecule has 0 bridgehead atoms. The molecule has 0 amide bonds. The highest BCUT2D eigenvalue weighted by Gasteiger charge is 2.20. The Hall–Kier alpha value is -0.780. The summed E-state index contributed by atoms with van der Waals surface area (Å²) in [6.07, 6.45) is 4.75. The molecular weight excluding hydrogens is 264 g/mol. The molecule has 0 aliphatic carbocycles. The van der Waals surface area contributed by atoms with E-state index in [0.29, 0.717) is 6.04 Å². The van der Waals surface area contributed by atoms with Crippen molar-refractivity contribution >= 4 is 23.1 Å². The first-order valence-corrected chi connectivity index (χ1v) is 8.11. The van der Waals surface area contributed by atoms with Crippen LogP contribution < -0.4 is 0 Å². The summed E-state index contributed by atoms with van der Waals surface area (Å²) < 4.78 is 5.09. The van der Waals surface area contributed by atoms with Crippen molar-refractivity contribution in [2.45, 2.75) is 19.0 Å². The Morgan fingerprint density at radius 3 is 3.22 bits per heavy atom. The Kier molecular flexibility index (Phi) is 3.72. The summed E-state index contributed by atoms with van der Waals surface area (Å²) >= 11 is 3.74. The van der Waals surface area contributed by atoms with Crippen LogP contribution in [0.2, 0.25) is 0 Å². The Labute approximate surface area is 115 Å². The van der Waals surface area contributed by atoms with Crippen LogP contribution in [0.3, 0.4) is 0 Å². The fourth-order valence-electron chi connectivity index (χ4n) is 2.15. The lowest BCUT2D eigenvalue weighted by molar-refractivity contribution is 0.252. The van der Waals surface area contributed by atoms with E-state index in [2.05, 4.69) is 34.1 Å². The normalized spacial score (nSPS) is 19.8. The highest BCUT2D eigenvalue weighted by atomic mass is 32.2. The lowest BCUT2D eigenvalue weighted by Gasteiger charge is -2.22. The van der Waals surface area contributed by atoms with Gasteiger partial charge >= 0.3 is 0 Å². The van der Waals surface area contributed by atoms with Gasteiger partial charge in [0.25, 0.3) is 0 Å². The van der Waals surface area contributed by atoms with Gasteiger partial charge in [-0.2, -0.15) is 11.8 Å². The molecule has 2 aromatic heterocycles. The van der Waals surface area contributed by atoms with Gasteiger partial charge in [0.1, 0.15) is 11.3 Å². The maximum absolute atomic E-state index is 5.09. The standard InChI is InChI=1S/C13H16N2OS2/c1-15(12-3-5-17-9-12)6-11-8-18-13(14-11)10-2-4-16-7-10/h2,4,7-8,12H,3,5-6,9H2,1H3. The predicted octanol–water partition coefficient (Wildman–Crippen LogP) is 3.34. The third-order valence-corrected chi connectivity index (χ3v) is 5.35. The first-order chi connectivity index (χ1) is 8.83. The van der Waals surface area contributed by atoms with Crippen molar-refractivity contribution in [2.24, 2.45) is 0 Å². The molecule has 18 heavy (non-hydrogen) atoms. The van der Waals surface area contributed by atoms with E-state index in [-0.39, 0.29) is 0 Å². The van der Waals surface area contributed by atoms with Gasteiger partial charge < -0.3 is 4.42 Å². The molecule has 1 unspecified atom stereocenters. The van der Waals surface area contributed by atoms with Gasteiger partial charge in [-0.15, -0.1) is 11.3 Å². The highest BCUT2D eigenvalue weighted by molar-refractivity contribution is 7.99. The molecular formula is C13H16N2OS2. The van der Waals surface area contributed by atoms with Crippen molar-refractivity contribution in [3.05, 3.63) is 29.7 Å². The maximum Gasteiger partial charge on any atom is 0.126 e. The second kappa shape index (κ2) is 5.47. The third kappa shape index (κ3) is 2.63. The van der Waals surface area contributed by atoms with Crippen molar-refractivity contribution in [2.75, 3.05) is 18.6 Å². The minimum atomic E-state index is 0.717. The van der Waals surface area contributed by atoms with Crippen molar-refractivity contribution in [1.29, 1.82) is 0 Å². The average Bonchev–Trinajstić information content (AvgIpc) is 3.12. The van der Waals surface area contributed by atoms with Crippen LogP contribution in [0.25, 0.3) is 10.6 Å². The summed E-state index contributed by atoms with van der Waals surface area (Å²) in [5.41, 5.74) is 2.24. The van der Waals surface area contributed by atoms with Gasteiger partial charge in [-0.1, -0.05) is 0 Å². The van der Waals surface area contributed by atoms with Gasteiger partial charge in [-0.3, -0.25) is 4.90 Å². The van der Waals surface area contributed by atoms with E-state index in [1.165, 1.54) is 17.9 Å². The van der Waals surface area contributed by atoms with Gasteiger partial charge in [0, 0.05) is 29.3 Å². The Bertz CT molecular complexity index is 489. The fourth-order valence-corrected chi connectivity index (χ4v) is 4.25. The second-order valence-electron chi connectivity index (χ2n) is 4.59. The molecule has 5 heteroatoms. The fraction of sp³-hybridized carbons (Fsp3) is 0.462. The number of thioether (sulfide) groups is 1. The summed E-state index contributed by atoms with van der Waals surface area (Å²) in [5, 5.41) is 3.20. The molecule has 0 saturated carbocycles. The number of hydrogen-bond acceptors (Lipinski definition) is 5. The number of rotatable bonds is 4. The van der Waals surface area contributed by atoms with Crippen molar-refractivity contribution in [3.63, 3.8) is 0 Å². The minimum absolute atomic E-state index is 0.717. The zero-order chi connectivity index (χ0) is 12.4. The second-order valence-corrected chi connectivity index (χ2v) is 6.60. The van der Waals surface area contributed by atoms with Gasteiger partial charge in [-0.05, 0) is 25.3 Å². The van der Waals surface area contributed by atoms with E-state index >= 15 is 0 Å². The van der Waals surface area contributed by atoms with Crippen LogP contribution in [-0.4, -0.2) is 34.5 Å². The van der Waals surface area contributed by atoms with Crippen LogP contribution >= 0.6 is 23.1 Å². The van der Waals surface area contributed by atoms with E-state index in [1.54, 1.807) is 23.9 Å². The van der Waals surface area contributed by atoms with Crippen LogP contribution in [0.4, 0.5) is 0 Å². The van der Waals surface area contributed by atoms with E-state index < -0.39 is 0 Å². The van der Waals surface area contributed by atoms with Crippen molar-refractivity contribution < 1.29 is 4.42 Å². The third-order valence-electron chi connectivity index (χ3n) is 3.26. The molecule has 0 aromatic carbocycles. The quantitative estimate of drug-likeness (QED) is 0.859. The van der Waals surface area contributed by atoms with E-state index in [9.17, 15) is 0 Å². The average molecular weight is 280 g/mol. The van der Waals surface area contributed by atoms with Gasteiger partial charge in [0.05, 0.1) is 12.0 Å². The number of nitrogens with zero attached hydrogens (tertiary/aromatic N) is 2. The van der Waals surface area contributed by atoms with Crippen LogP contribution in [-0.2, 0) is 6.54 Å². The summed E-state index contributed by atoms with van der Waals surface area (Å²) in [5.74, 6) is 2.56. The molecule has 1 aliphatic rings. The number of hydrogen-bond donors (Lipinski definition) is 0. The molecule has 0 N–H and O–H groups in total. The number of furan rings is 1. The molecule has 1 aliphatic heterocycles. The minimum Gasteiger partial charge on any atom is -0.472 e. The lowest BCUT2D eigenvalue weighted by atomic mass is 10.2. The number of thiazole rings is 1. The summed E-state index contributed by atoms with van der Waals surface area (Å²) in [7, 11) is 2.20. The zero-order valence-electron chi connectivity index (χ0n) is 10.3. The lowest BCUT2D eigenvalue weighted by Crippen LogP contribution is -2.30. The predicted molar refractivity (Wildman–Crippen MR) is 77.0 cm³/mol. The van der Waals surface area contributed by atoms with E-state index in [0.717, 1.165) is 22.8 Å². The van der Waals surface area contributed by atoms with Crippen molar-refractivity contribution in [1.82, 2.24) is 9.88 Å². The first-order valence-electron chi connectivity index (χ1n) is 6.08. The van der Waals surface area contributed by atoms with Crippen LogP contribution in [0.15, 0.2) is 28.4 Å².